The molecule has 23 heavy (non-hydrogen) atoms. The molecule has 0 bridgehead atoms. The second-order valence-corrected chi connectivity index (χ2v) is 7.32. The van der Waals surface area contributed by atoms with E-state index in [1.807, 2.05) is 27.7 Å². The molecule has 1 saturated heterocycles. The predicted octanol–water partition coefficient (Wildman–Crippen LogP) is 2.06. The van der Waals surface area contributed by atoms with Gasteiger partial charge in [0.15, 0.2) is 0 Å². The second-order valence-electron chi connectivity index (χ2n) is 6.53. The van der Waals surface area contributed by atoms with E-state index in [0.717, 1.165) is 15.9 Å². The minimum absolute atomic E-state index is 0.271. The lowest BCUT2D eigenvalue weighted by molar-refractivity contribution is 0.0240. The molecule has 2 heterocycles. The first-order valence-electron chi connectivity index (χ1n) is 7.67. The summed E-state index contributed by atoms with van der Waals surface area (Å²) in [5, 5.41) is 0. The molecule has 8 heteroatoms. The highest BCUT2D eigenvalue weighted by atomic mass is 79.9. The summed E-state index contributed by atoms with van der Waals surface area (Å²) in [6.07, 6.45) is -0.271. The van der Waals surface area contributed by atoms with Gasteiger partial charge in [-0.2, -0.15) is 0 Å². The maximum atomic E-state index is 12.1. The number of ether oxygens (including phenoxy) is 1. The zero-order chi connectivity index (χ0) is 17.2. The Morgan fingerprint density at radius 1 is 1.26 bits per heavy atom. The highest BCUT2D eigenvalue weighted by molar-refractivity contribution is 9.10. The minimum Gasteiger partial charge on any atom is -0.444 e. The molecule has 1 fully saturated rings. The molecule has 128 valence electrons. The van der Waals surface area contributed by atoms with Gasteiger partial charge < -0.3 is 20.3 Å². The zero-order valence-electron chi connectivity index (χ0n) is 14.1. The Bertz CT molecular complexity index is 580. The molecule has 0 aromatic carbocycles. The van der Waals surface area contributed by atoms with Crippen LogP contribution < -0.4 is 10.6 Å². The second kappa shape index (κ2) is 7.00. The van der Waals surface area contributed by atoms with E-state index < -0.39 is 5.60 Å². The molecule has 1 amide bonds. The normalized spacial score (nSPS) is 15.7. The van der Waals surface area contributed by atoms with Gasteiger partial charge in [-0.25, -0.2) is 14.8 Å². The lowest BCUT2D eigenvalue weighted by Crippen LogP contribution is -2.50. The van der Waals surface area contributed by atoms with E-state index in [9.17, 15) is 4.79 Å². The molecule has 1 aromatic heterocycles. The van der Waals surface area contributed by atoms with Gasteiger partial charge in [-0.05, 0) is 43.6 Å². The van der Waals surface area contributed by atoms with Crippen LogP contribution in [0, 0.1) is 6.92 Å². The molecule has 2 N–H and O–H groups in total. The fourth-order valence-electron chi connectivity index (χ4n) is 2.29. The third-order valence-electron chi connectivity index (χ3n) is 3.48. The zero-order valence-corrected chi connectivity index (χ0v) is 15.7. The van der Waals surface area contributed by atoms with Gasteiger partial charge in [-0.1, -0.05) is 0 Å². The molecule has 0 spiro atoms. The number of carbonyl (C=O) groups is 1. The number of amides is 1. The van der Waals surface area contributed by atoms with Gasteiger partial charge in [-0.15, -0.1) is 0 Å². The predicted molar refractivity (Wildman–Crippen MR) is 92.4 cm³/mol. The number of hydrogen-bond acceptors (Lipinski definition) is 6. The van der Waals surface area contributed by atoms with Crippen molar-refractivity contribution in [2.75, 3.05) is 31.1 Å². The van der Waals surface area contributed by atoms with Crippen LogP contribution in [0.15, 0.2) is 4.47 Å². The summed E-state index contributed by atoms with van der Waals surface area (Å²) in [6, 6.07) is 0. The third-order valence-corrected chi connectivity index (χ3v) is 4.51. The van der Waals surface area contributed by atoms with E-state index >= 15 is 0 Å². The van der Waals surface area contributed by atoms with Crippen molar-refractivity contribution in [2.24, 2.45) is 5.73 Å². The van der Waals surface area contributed by atoms with Crippen LogP contribution in [0.5, 0.6) is 0 Å². The molecule has 0 aliphatic carbocycles. The topological polar surface area (TPSA) is 84.6 Å². The van der Waals surface area contributed by atoms with Crippen molar-refractivity contribution in [1.29, 1.82) is 0 Å². The first kappa shape index (κ1) is 17.9. The largest absolute Gasteiger partial charge is 0.444 e. The smallest absolute Gasteiger partial charge is 0.410 e. The third kappa shape index (κ3) is 4.54. The summed E-state index contributed by atoms with van der Waals surface area (Å²) in [6.45, 7) is 10.4. The van der Waals surface area contributed by atoms with E-state index in [1.54, 1.807) is 4.90 Å². The molecule has 0 unspecified atom stereocenters. The van der Waals surface area contributed by atoms with Gasteiger partial charge in [0.2, 0.25) is 5.95 Å². The number of hydrogen-bond donors (Lipinski definition) is 1. The maximum Gasteiger partial charge on any atom is 0.410 e. The molecule has 2 rings (SSSR count). The van der Waals surface area contributed by atoms with Gasteiger partial charge in [0.05, 0.1) is 15.9 Å². The van der Waals surface area contributed by atoms with E-state index in [0.29, 0.717) is 38.7 Å². The Labute approximate surface area is 145 Å². The lowest BCUT2D eigenvalue weighted by atomic mass is 10.2. The Hall–Kier alpha value is -1.41. The molecule has 1 aliphatic rings. The molecule has 0 radical (unpaired) electrons. The van der Waals surface area contributed by atoms with Crippen LogP contribution in [0.4, 0.5) is 10.7 Å². The van der Waals surface area contributed by atoms with E-state index in [1.165, 1.54) is 0 Å². The van der Waals surface area contributed by atoms with Crippen molar-refractivity contribution in [1.82, 2.24) is 14.9 Å². The summed E-state index contributed by atoms with van der Waals surface area (Å²) >= 11 is 3.46. The van der Waals surface area contributed by atoms with Gasteiger partial charge in [-0.3, -0.25) is 0 Å². The Morgan fingerprint density at radius 2 is 1.87 bits per heavy atom. The van der Waals surface area contributed by atoms with Gasteiger partial charge >= 0.3 is 6.09 Å². The average Bonchev–Trinajstić information content (AvgIpc) is 2.48. The van der Waals surface area contributed by atoms with Crippen LogP contribution in [0.2, 0.25) is 0 Å². The molecule has 0 atom stereocenters. The van der Waals surface area contributed by atoms with E-state index in [-0.39, 0.29) is 6.09 Å². The quantitative estimate of drug-likeness (QED) is 0.838. The summed E-state index contributed by atoms with van der Waals surface area (Å²) in [4.78, 5) is 24.9. The van der Waals surface area contributed by atoms with Crippen LogP contribution in [-0.4, -0.2) is 52.7 Å². The minimum atomic E-state index is -0.476. The Kier molecular flexibility index (Phi) is 5.46. The number of nitrogens with two attached hydrogens (primary N) is 1. The van der Waals surface area contributed by atoms with Gasteiger partial charge in [0.25, 0.3) is 0 Å². The lowest BCUT2D eigenvalue weighted by Gasteiger charge is -2.35. The maximum absolute atomic E-state index is 12.1. The first-order valence-corrected chi connectivity index (χ1v) is 8.46. The Morgan fingerprint density at radius 3 is 2.39 bits per heavy atom. The number of halogens is 1. The van der Waals surface area contributed by atoms with Crippen molar-refractivity contribution >= 4 is 28.0 Å². The summed E-state index contributed by atoms with van der Waals surface area (Å²) in [5.41, 5.74) is 6.91. The first-order chi connectivity index (χ1) is 10.7. The molecule has 7 nitrogen and oxygen atoms in total. The van der Waals surface area contributed by atoms with E-state index in [2.05, 4.69) is 30.8 Å². The van der Waals surface area contributed by atoms with Crippen molar-refractivity contribution in [3.8, 4) is 0 Å². The molecular weight excluding hydrogens is 362 g/mol. The fourth-order valence-corrected chi connectivity index (χ4v) is 2.63. The highest BCUT2D eigenvalue weighted by Crippen LogP contribution is 2.22. The summed E-state index contributed by atoms with van der Waals surface area (Å²) in [7, 11) is 0. The van der Waals surface area contributed by atoms with Crippen LogP contribution in [0.3, 0.4) is 0 Å². The number of piperazine rings is 1. The molecule has 1 aromatic rings. The van der Waals surface area contributed by atoms with Crippen molar-refractivity contribution in [2.45, 2.75) is 39.8 Å². The summed E-state index contributed by atoms with van der Waals surface area (Å²) in [5.74, 6) is 0.662. The van der Waals surface area contributed by atoms with Crippen LogP contribution in [0.25, 0.3) is 0 Å². The van der Waals surface area contributed by atoms with Crippen molar-refractivity contribution < 1.29 is 9.53 Å². The molecule has 1 aliphatic heterocycles. The summed E-state index contributed by atoms with van der Waals surface area (Å²) < 4.78 is 6.26. The Balaban J connectivity index is 2.02. The number of carbonyl (C=O) groups excluding carboxylic acids is 1. The molecular formula is C15H24BrN5O2. The van der Waals surface area contributed by atoms with Crippen LogP contribution >= 0.6 is 15.9 Å². The number of anilines is 1. The van der Waals surface area contributed by atoms with Crippen molar-refractivity contribution in [3.63, 3.8) is 0 Å². The SMILES string of the molecule is Cc1nc(N2CCN(C(=O)OC(C)(C)C)CC2)nc(CN)c1Br. The monoisotopic (exact) mass is 385 g/mol. The number of aromatic nitrogens is 2. The van der Waals surface area contributed by atoms with E-state index in [4.69, 9.17) is 10.5 Å². The van der Waals surface area contributed by atoms with Gasteiger partial charge in [0, 0.05) is 32.7 Å². The van der Waals surface area contributed by atoms with Gasteiger partial charge in [0.1, 0.15) is 5.60 Å². The number of aryl methyl sites for hydroxylation is 1. The standard InChI is InChI=1S/C15H24BrN5O2/c1-10-12(16)11(9-17)19-13(18-10)20-5-7-21(8-6-20)14(22)23-15(2,3)4/h5-9,17H2,1-4H3. The number of rotatable bonds is 2. The highest BCUT2D eigenvalue weighted by Gasteiger charge is 2.27. The average molecular weight is 386 g/mol. The number of nitrogens with zero attached hydrogens (tertiary/aromatic N) is 4. The fraction of sp³-hybridized carbons (Fsp3) is 0.667. The van der Waals surface area contributed by atoms with Crippen molar-refractivity contribution in [3.05, 3.63) is 15.9 Å². The van der Waals surface area contributed by atoms with Crippen LogP contribution in [-0.2, 0) is 11.3 Å². The molecule has 0 saturated carbocycles. The van der Waals surface area contributed by atoms with Crippen LogP contribution in [0.1, 0.15) is 32.2 Å².